The molecule has 1 fully saturated rings. The third-order valence-corrected chi connectivity index (χ3v) is 4.73. The zero-order chi connectivity index (χ0) is 19.6. The zero-order valence-corrected chi connectivity index (χ0v) is 15.7. The quantitative estimate of drug-likeness (QED) is 0.844. The molecule has 27 heavy (non-hydrogen) atoms. The van der Waals surface area contributed by atoms with Crippen molar-refractivity contribution in [1.29, 1.82) is 0 Å². The van der Waals surface area contributed by atoms with Gasteiger partial charge < -0.3 is 10.2 Å². The summed E-state index contributed by atoms with van der Waals surface area (Å²) in [5.41, 5.74) is 1.03. The lowest BCUT2D eigenvalue weighted by atomic mass is 9.93. The van der Waals surface area contributed by atoms with Crippen LogP contribution in [0.4, 0.5) is 24.9 Å². The first-order chi connectivity index (χ1) is 12.7. The predicted molar refractivity (Wildman–Crippen MR) is 98.1 cm³/mol. The number of likely N-dealkylation sites (N-methyl/N-ethyl adjacent to an activating group) is 1. The van der Waals surface area contributed by atoms with Crippen LogP contribution in [0.5, 0.6) is 0 Å². The maximum Gasteiger partial charge on any atom is 0.416 e. The van der Waals surface area contributed by atoms with E-state index in [0.717, 1.165) is 55.6 Å². The number of nitrogens with one attached hydrogen (secondary N) is 1. The fourth-order valence-corrected chi connectivity index (χ4v) is 3.24. The van der Waals surface area contributed by atoms with E-state index < -0.39 is 11.7 Å². The number of halogens is 3. The van der Waals surface area contributed by atoms with Crippen LogP contribution in [0, 0.1) is 0 Å². The van der Waals surface area contributed by atoms with Gasteiger partial charge in [0.15, 0.2) is 0 Å². The number of hydrogen-bond acceptors (Lipinski definition) is 5. The summed E-state index contributed by atoms with van der Waals surface area (Å²) < 4.78 is 38.8. The molecule has 2 aromatic heterocycles. The second kappa shape index (κ2) is 7.80. The SMILES string of the molecule is CC(C)c1cc(C2CCCN(C)C2)nc(Nc2cc(C(F)(F)F)ccn2)n1. The van der Waals surface area contributed by atoms with E-state index in [1.54, 1.807) is 0 Å². The molecular weight excluding hydrogens is 355 g/mol. The Morgan fingerprint density at radius 3 is 2.67 bits per heavy atom. The summed E-state index contributed by atoms with van der Waals surface area (Å²) in [6.07, 6.45) is -1.15. The van der Waals surface area contributed by atoms with Crippen LogP contribution < -0.4 is 5.32 Å². The van der Waals surface area contributed by atoms with Gasteiger partial charge in [0.2, 0.25) is 5.95 Å². The maximum absolute atomic E-state index is 12.9. The fourth-order valence-electron chi connectivity index (χ4n) is 3.24. The third kappa shape index (κ3) is 4.94. The summed E-state index contributed by atoms with van der Waals surface area (Å²) in [6.45, 7) is 6.05. The lowest BCUT2D eigenvalue weighted by Gasteiger charge is -2.29. The summed E-state index contributed by atoms with van der Waals surface area (Å²) in [5.74, 6) is 0.844. The molecule has 0 saturated carbocycles. The first kappa shape index (κ1) is 19.5. The van der Waals surface area contributed by atoms with E-state index in [9.17, 15) is 13.2 Å². The molecule has 3 heterocycles. The van der Waals surface area contributed by atoms with Gasteiger partial charge in [0.25, 0.3) is 0 Å². The Kier molecular flexibility index (Phi) is 5.64. The van der Waals surface area contributed by atoms with Crippen LogP contribution in [0.2, 0.25) is 0 Å². The van der Waals surface area contributed by atoms with Gasteiger partial charge in [0.1, 0.15) is 5.82 Å². The Hall–Kier alpha value is -2.22. The fraction of sp³-hybridized carbons (Fsp3) is 0.526. The number of nitrogens with zero attached hydrogens (tertiary/aromatic N) is 4. The van der Waals surface area contributed by atoms with Gasteiger partial charge in [-0.15, -0.1) is 0 Å². The van der Waals surface area contributed by atoms with Gasteiger partial charge in [-0.3, -0.25) is 0 Å². The van der Waals surface area contributed by atoms with Crippen LogP contribution in [0.15, 0.2) is 24.4 Å². The van der Waals surface area contributed by atoms with Gasteiger partial charge in [-0.1, -0.05) is 13.8 Å². The van der Waals surface area contributed by atoms with Crippen LogP contribution in [0.1, 0.15) is 55.5 Å². The van der Waals surface area contributed by atoms with E-state index in [0.29, 0.717) is 5.92 Å². The van der Waals surface area contributed by atoms with Crippen LogP contribution >= 0.6 is 0 Å². The van der Waals surface area contributed by atoms with Crippen molar-refractivity contribution in [3.05, 3.63) is 41.3 Å². The van der Waals surface area contributed by atoms with Gasteiger partial charge in [0, 0.05) is 24.4 Å². The first-order valence-electron chi connectivity index (χ1n) is 9.10. The lowest BCUT2D eigenvalue weighted by Crippen LogP contribution is -2.31. The second-order valence-corrected chi connectivity index (χ2v) is 7.35. The number of likely N-dealkylation sites (tertiary alicyclic amines) is 1. The summed E-state index contributed by atoms with van der Waals surface area (Å²) in [4.78, 5) is 15.3. The number of alkyl halides is 3. The van der Waals surface area contributed by atoms with Gasteiger partial charge in [0.05, 0.1) is 11.3 Å². The van der Waals surface area contributed by atoms with E-state index >= 15 is 0 Å². The Morgan fingerprint density at radius 2 is 2.00 bits per heavy atom. The molecule has 1 N–H and O–H groups in total. The predicted octanol–water partition coefficient (Wildman–Crippen LogP) is 4.57. The normalized spacial score (nSPS) is 18.7. The number of anilines is 2. The van der Waals surface area contributed by atoms with E-state index in [-0.39, 0.29) is 17.7 Å². The van der Waals surface area contributed by atoms with Crippen LogP contribution in [0.25, 0.3) is 0 Å². The summed E-state index contributed by atoms with van der Waals surface area (Å²) >= 11 is 0. The molecule has 0 aromatic carbocycles. The van der Waals surface area contributed by atoms with E-state index in [1.165, 1.54) is 0 Å². The van der Waals surface area contributed by atoms with Crippen molar-refractivity contribution < 1.29 is 13.2 Å². The van der Waals surface area contributed by atoms with Gasteiger partial charge >= 0.3 is 6.18 Å². The number of rotatable bonds is 4. The lowest BCUT2D eigenvalue weighted by molar-refractivity contribution is -0.137. The summed E-state index contributed by atoms with van der Waals surface area (Å²) in [7, 11) is 2.09. The van der Waals surface area contributed by atoms with Gasteiger partial charge in [-0.05, 0) is 50.6 Å². The Labute approximate surface area is 157 Å². The minimum Gasteiger partial charge on any atom is -0.309 e. The minimum atomic E-state index is -4.42. The molecule has 1 unspecified atom stereocenters. The Bertz CT molecular complexity index is 791. The molecule has 5 nitrogen and oxygen atoms in total. The summed E-state index contributed by atoms with van der Waals surface area (Å²) in [6, 6.07) is 3.93. The Morgan fingerprint density at radius 1 is 1.22 bits per heavy atom. The largest absolute Gasteiger partial charge is 0.416 e. The molecule has 2 aromatic rings. The molecule has 1 atom stereocenters. The van der Waals surface area contributed by atoms with Crippen molar-refractivity contribution >= 4 is 11.8 Å². The standard InChI is InChI=1S/C19H24F3N5/c1-12(2)15-10-16(13-5-4-8-27(3)11-13)25-18(24-15)26-17-9-14(6-7-23-17)19(20,21)22/h6-7,9-10,12-13H,4-5,8,11H2,1-3H3,(H,23,24,25,26). The molecule has 8 heteroatoms. The monoisotopic (exact) mass is 379 g/mol. The van der Waals surface area contributed by atoms with Gasteiger partial charge in [-0.25, -0.2) is 15.0 Å². The van der Waals surface area contributed by atoms with Crippen molar-refractivity contribution in [2.24, 2.45) is 0 Å². The maximum atomic E-state index is 12.9. The van der Waals surface area contributed by atoms with Crippen LogP contribution in [-0.4, -0.2) is 40.0 Å². The molecule has 0 amide bonds. The zero-order valence-electron chi connectivity index (χ0n) is 15.7. The van der Waals surface area contributed by atoms with Crippen LogP contribution in [-0.2, 0) is 6.18 Å². The van der Waals surface area contributed by atoms with Crippen molar-refractivity contribution in [2.45, 2.75) is 44.7 Å². The molecular formula is C19H24F3N5. The molecule has 0 aliphatic carbocycles. The van der Waals surface area contributed by atoms with Crippen molar-refractivity contribution in [3.8, 4) is 0 Å². The van der Waals surface area contributed by atoms with Crippen molar-refractivity contribution in [1.82, 2.24) is 19.9 Å². The minimum absolute atomic E-state index is 0.0810. The molecule has 1 aliphatic heterocycles. The smallest absolute Gasteiger partial charge is 0.309 e. The number of piperidine rings is 1. The molecule has 3 rings (SSSR count). The van der Waals surface area contributed by atoms with E-state index in [4.69, 9.17) is 0 Å². The molecule has 0 spiro atoms. The molecule has 1 aliphatic rings. The number of hydrogen-bond donors (Lipinski definition) is 1. The highest BCUT2D eigenvalue weighted by molar-refractivity contribution is 5.50. The van der Waals surface area contributed by atoms with E-state index in [2.05, 4.69) is 32.2 Å². The van der Waals surface area contributed by atoms with Crippen molar-refractivity contribution in [2.75, 3.05) is 25.5 Å². The van der Waals surface area contributed by atoms with E-state index in [1.807, 2.05) is 19.9 Å². The number of pyridine rings is 1. The highest BCUT2D eigenvalue weighted by Gasteiger charge is 2.31. The highest BCUT2D eigenvalue weighted by Crippen LogP contribution is 2.31. The average Bonchev–Trinajstić information content (AvgIpc) is 2.61. The summed E-state index contributed by atoms with van der Waals surface area (Å²) in [5, 5.41) is 2.86. The molecule has 0 bridgehead atoms. The first-order valence-corrected chi connectivity index (χ1v) is 9.10. The second-order valence-electron chi connectivity index (χ2n) is 7.35. The molecule has 0 radical (unpaired) electrons. The average molecular weight is 379 g/mol. The topological polar surface area (TPSA) is 53.9 Å². The third-order valence-electron chi connectivity index (χ3n) is 4.73. The Balaban J connectivity index is 1.91. The van der Waals surface area contributed by atoms with Gasteiger partial charge in [-0.2, -0.15) is 13.2 Å². The van der Waals surface area contributed by atoms with Crippen LogP contribution in [0.3, 0.4) is 0 Å². The van der Waals surface area contributed by atoms with Crippen molar-refractivity contribution in [3.63, 3.8) is 0 Å². The molecule has 146 valence electrons. The molecule has 1 saturated heterocycles. The number of aromatic nitrogens is 3. The highest BCUT2D eigenvalue weighted by atomic mass is 19.4.